The van der Waals surface area contributed by atoms with Crippen LogP contribution in [0.15, 0.2) is 110 Å². The van der Waals surface area contributed by atoms with Crippen molar-refractivity contribution in [3.8, 4) is 0 Å². The number of benzene rings is 4. The quantitative estimate of drug-likeness (QED) is 0.138. The van der Waals surface area contributed by atoms with E-state index in [0.717, 1.165) is 28.7 Å². The van der Waals surface area contributed by atoms with Crippen molar-refractivity contribution in [1.29, 1.82) is 0 Å². The van der Waals surface area contributed by atoms with Gasteiger partial charge in [0.25, 0.3) is 0 Å². The number of rotatable bonds is 7. The summed E-state index contributed by atoms with van der Waals surface area (Å²) in [7, 11) is -9.56. The average Bonchev–Trinajstić information content (AvgIpc) is 2.96. The number of halogens is 3. The molecule has 5 rings (SSSR count). The van der Waals surface area contributed by atoms with Crippen molar-refractivity contribution in [2.75, 3.05) is 0 Å². The summed E-state index contributed by atoms with van der Waals surface area (Å²) in [6.07, 6.45) is 1.48. The first-order valence-electron chi connectivity index (χ1n) is 12.5. The van der Waals surface area contributed by atoms with Crippen molar-refractivity contribution in [3.05, 3.63) is 112 Å². The van der Waals surface area contributed by atoms with Gasteiger partial charge in [0.05, 0.1) is 0 Å². The Morgan fingerprint density at radius 3 is 1.88 bits per heavy atom. The molecule has 5 aromatic rings. The molecule has 1 aromatic heterocycles. The van der Waals surface area contributed by atoms with Crippen LogP contribution in [0.3, 0.4) is 0 Å². The SMILES string of the molecule is CCc1cc(CC)c2sc3ccc(S(OS(=O)(=O)C(F)(F)F)(c4ccccc4)c4ccccc4)cc3c(=O)c2c1. The normalized spacial score (nSPS) is 13.1. The molecule has 0 saturated heterocycles. The first kappa shape index (κ1) is 28.4. The van der Waals surface area contributed by atoms with Crippen LogP contribution < -0.4 is 5.43 Å². The smallest absolute Gasteiger partial charge is 0.289 e. The summed E-state index contributed by atoms with van der Waals surface area (Å²) < 4.78 is 73.5. The summed E-state index contributed by atoms with van der Waals surface area (Å²) in [6.45, 7) is 4.03. The van der Waals surface area contributed by atoms with Gasteiger partial charge in [-0.2, -0.15) is 25.2 Å². The molecule has 40 heavy (non-hydrogen) atoms. The molecule has 0 aliphatic rings. The van der Waals surface area contributed by atoms with Crippen LogP contribution in [0.25, 0.3) is 20.2 Å². The van der Waals surface area contributed by atoms with E-state index in [1.807, 2.05) is 19.9 Å². The van der Waals surface area contributed by atoms with Gasteiger partial charge < -0.3 is 0 Å². The van der Waals surface area contributed by atoms with Gasteiger partial charge in [0, 0.05) is 34.9 Å². The van der Waals surface area contributed by atoms with E-state index >= 15 is 0 Å². The first-order valence-corrected chi connectivity index (χ1v) is 16.3. The summed E-state index contributed by atoms with van der Waals surface area (Å²) >= 11 is 1.43. The molecule has 0 bridgehead atoms. The highest BCUT2D eigenvalue weighted by molar-refractivity contribution is 8.33. The van der Waals surface area contributed by atoms with Gasteiger partial charge in [-0.15, -0.1) is 11.3 Å². The zero-order valence-electron chi connectivity index (χ0n) is 21.6. The lowest BCUT2D eigenvalue weighted by Gasteiger charge is -2.39. The van der Waals surface area contributed by atoms with Crippen LogP contribution in [0, 0.1) is 0 Å². The summed E-state index contributed by atoms with van der Waals surface area (Å²) in [5.74, 6) is 0. The second-order valence-corrected chi connectivity index (χ2v) is 14.6. The predicted molar refractivity (Wildman–Crippen MR) is 156 cm³/mol. The molecule has 0 spiro atoms. The molecule has 0 unspecified atom stereocenters. The molecular formula is C30H25F3O4S3. The van der Waals surface area contributed by atoms with Crippen molar-refractivity contribution < 1.29 is 25.2 Å². The van der Waals surface area contributed by atoms with E-state index in [1.165, 1.54) is 17.4 Å². The molecule has 0 aliphatic carbocycles. The zero-order chi connectivity index (χ0) is 28.7. The van der Waals surface area contributed by atoms with Gasteiger partial charge in [0.15, 0.2) is 5.43 Å². The maximum atomic E-state index is 13.9. The Balaban J connectivity index is 1.89. The summed E-state index contributed by atoms with van der Waals surface area (Å²) in [4.78, 5) is 14.5. The average molecular weight is 603 g/mol. The number of hydrogen-bond acceptors (Lipinski definition) is 5. The molecule has 0 saturated carbocycles. The molecule has 4 aromatic carbocycles. The Morgan fingerprint density at radius 2 is 1.35 bits per heavy atom. The van der Waals surface area contributed by atoms with Crippen LogP contribution in [-0.2, 0) is 26.6 Å². The Morgan fingerprint density at radius 1 is 0.750 bits per heavy atom. The molecule has 1 heterocycles. The van der Waals surface area contributed by atoms with Crippen molar-refractivity contribution in [1.82, 2.24) is 0 Å². The van der Waals surface area contributed by atoms with Crippen LogP contribution >= 0.6 is 21.6 Å². The number of aryl methyl sites for hydroxylation is 2. The summed E-state index contributed by atoms with van der Waals surface area (Å²) in [5.41, 5.74) is -3.85. The second-order valence-electron chi connectivity index (χ2n) is 9.08. The number of alkyl halides is 3. The maximum absolute atomic E-state index is 13.9. The van der Waals surface area contributed by atoms with E-state index < -0.39 is 25.9 Å². The van der Waals surface area contributed by atoms with Gasteiger partial charge in [-0.25, -0.2) is 0 Å². The fourth-order valence-electron chi connectivity index (χ4n) is 4.64. The van der Waals surface area contributed by atoms with E-state index in [-0.39, 0.29) is 20.1 Å². The van der Waals surface area contributed by atoms with Crippen LogP contribution in [-0.4, -0.2) is 13.9 Å². The summed E-state index contributed by atoms with van der Waals surface area (Å²) in [6, 6.07) is 24.6. The Kier molecular flexibility index (Phi) is 7.56. The molecule has 0 atom stereocenters. The molecule has 4 nitrogen and oxygen atoms in total. The van der Waals surface area contributed by atoms with Crippen LogP contribution in [0.4, 0.5) is 13.2 Å². The molecule has 0 radical (unpaired) electrons. The van der Waals surface area contributed by atoms with Gasteiger partial charge in [-0.1, -0.05) is 56.3 Å². The Hall–Kier alpha value is -3.18. The van der Waals surface area contributed by atoms with Gasteiger partial charge in [-0.05, 0) is 82.8 Å². The predicted octanol–water partition coefficient (Wildman–Crippen LogP) is 8.60. The topological polar surface area (TPSA) is 60.4 Å². The molecule has 208 valence electrons. The zero-order valence-corrected chi connectivity index (χ0v) is 24.0. The highest BCUT2D eigenvalue weighted by Gasteiger charge is 2.52. The minimum absolute atomic E-state index is 0.163. The fraction of sp³-hybridized carbons (Fsp3) is 0.167. The molecule has 10 heteroatoms. The van der Waals surface area contributed by atoms with Gasteiger partial charge in [-0.3, -0.25) is 4.79 Å². The summed E-state index contributed by atoms with van der Waals surface area (Å²) in [5, 5.41) is 0.830. The van der Waals surface area contributed by atoms with Crippen molar-refractivity contribution in [2.45, 2.75) is 46.9 Å². The minimum atomic E-state index is -6.05. The fourth-order valence-corrected chi connectivity index (χ4v) is 10.6. The van der Waals surface area contributed by atoms with E-state index in [0.29, 0.717) is 15.5 Å². The minimum Gasteiger partial charge on any atom is -0.289 e. The third-order valence-electron chi connectivity index (χ3n) is 6.62. The van der Waals surface area contributed by atoms with E-state index in [1.54, 1.807) is 72.8 Å². The first-order chi connectivity index (χ1) is 19.0. The molecule has 0 fully saturated rings. The van der Waals surface area contributed by atoms with Gasteiger partial charge in [0.2, 0.25) is 0 Å². The third kappa shape index (κ3) is 4.83. The molecule has 0 amide bonds. The molecular weight excluding hydrogens is 578 g/mol. The lowest BCUT2D eigenvalue weighted by Crippen LogP contribution is -2.27. The van der Waals surface area contributed by atoms with Crippen LogP contribution in [0.1, 0.15) is 25.0 Å². The van der Waals surface area contributed by atoms with Crippen molar-refractivity contribution >= 4 is 51.9 Å². The standard InChI is InChI=1S/C30H25F3O4S3/c1-3-20-17-21(4-2)29-26(18-20)28(34)25-19-24(15-16-27(25)38-29)39(22-11-7-5-8-12-22,23-13-9-6-10-14-23)37-40(35,36)30(31,32)33/h5-19H,3-4H2,1-2H3. The van der Waals surface area contributed by atoms with Crippen molar-refractivity contribution in [2.24, 2.45) is 0 Å². The highest BCUT2D eigenvalue weighted by Crippen LogP contribution is 2.70. The van der Waals surface area contributed by atoms with Crippen molar-refractivity contribution in [3.63, 3.8) is 0 Å². The van der Waals surface area contributed by atoms with E-state index in [4.69, 9.17) is 3.63 Å². The van der Waals surface area contributed by atoms with E-state index in [9.17, 15) is 26.4 Å². The van der Waals surface area contributed by atoms with Crippen LogP contribution in [0.2, 0.25) is 0 Å². The van der Waals surface area contributed by atoms with Crippen LogP contribution in [0.5, 0.6) is 0 Å². The second kappa shape index (κ2) is 10.7. The van der Waals surface area contributed by atoms with Gasteiger partial charge in [0.1, 0.15) is 0 Å². The highest BCUT2D eigenvalue weighted by atomic mass is 32.3. The largest absolute Gasteiger partial charge is 0.524 e. The lowest BCUT2D eigenvalue weighted by molar-refractivity contribution is -0.0496. The Bertz CT molecular complexity index is 1830. The lowest BCUT2D eigenvalue weighted by atomic mass is 10.0. The molecule has 0 N–H and O–H groups in total. The molecule has 0 aliphatic heterocycles. The Labute approximate surface area is 235 Å². The maximum Gasteiger partial charge on any atom is 0.524 e. The van der Waals surface area contributed by atoms with E-state index in [2.05, 4.69) is 6.07 Å². The number of hydrogen-bond donors (Lipinski definition) is 0. The van der Waals surface area contributed by atoms with Gasteiger partial charge >= 0.3 is 15.6 Å². The monoisotopic (exact) mass is 602 g/mol. The third-order valence-corrected chi connectivity index (χ3v) is 12.8. The number of fused-ring (bicyclic) bond motifs is 2.